The molecule has 1 heterocycles. The molecule has 23 heavy (non-hydrogen) atoms. The van der Waals surface area contributed by atoms with Gasteiger partial charge in [-0.05, 0) is 35.9 Å². The molecule has 0 saturated heterocycles. The van der Waals surface area contributed by atoms with E-state index < -0.39 is 5.82 Å². The first-order chi connectivity index (χ1) is 11.1. The smallest absolute Gasteiger partial charge is 0.228 e. The van der Waals surface area contributed by atoms with Gasteiger partial charge < -0.3 is 5.32 Å². The summed E-state index contributed by atoms with van der Waals surface area (Å²) in [5.74, 6) is -0.772. The quantitative estimate of drug-likeness (QED) is 0.752. The van der Waals surface area contributed by atoms with Crippen LogP contribution < -0.4 is 5.32 Å². The lowest BCUT2D eigenvalue weighted by molar-refractivity contribution is -0.115. The number of rotatable bonds is 4. The van der Waals surface area contributed by atoms with Crippen molar-refractivity contribution >= 4 is 27.5 Å². The Kier molecular flexibility index (Phi) is 4.52. The molecule has 3 aromatic rings. The molecule has 0 unspecified atom stereocenters. The lowest BCUT2D eigenvalue weighted by Crippen LogP contribution is -2.15. The summed E-state index contributed by atoms with van der Waals surface area (Å²) in [4.78, 5) is 12.0. The Morgan fingerprint density at radius 1 is 1.22 bits per heavy atom. The highest BCUT2D eigenvalue weighted by atomic mass is 79.9. The third kappa shape index (κ3) is 3.84. The molecule has 0 aliphatic rings. The second-order valence-corrected chi connectivity index (χ2v) is 5.89. The van der Waals surface area contributed by atoms with Crippen LogP contribution in [0.5, 0.6) is 0 Å². The van der Waals surface area contributed by atoms with Crippen LogP contribution in [0.3, 0.4) is 0 Å². The molecule has 1 amide bonds. The summed E-state index contributed by atoms with van der Waals surface area (Å²) in [6, 6.07) is 14.1. The van der Waals surface area contributed by atoms with Crippen LogP contribution in [0.15, 0.2) is 65.4 Å². The predicted molar refractivity (Wildman–Crippen MR) is 90.0 cm³/mol. The van der Waals surface area contributed by atoms with E-state index in [2.05, 4.69) is 26.3 Å². The summed E-state index contributed by atoms with van der Waals surface area (Å²) in [6.45, 7) is 0. The molecule has 0 atom stereocenters. The maximum absolute atomic E-state index is 13.7. The number of benzene rings is 2. The lowest BCUT2D eigenvalue weighted by atomic mass is 10.2. The molecule has 0 spiro atoms. The first kappa shape index (κ1) is 15.4. The van der Waals surface area contributed by atoms with Gasteiger partial charge in [-0.2, -0.15) is 5.10 Å². The van der Waals surface area contributed by atoms with Crippen molar-refractivity contribution in [2.75, 3.05) is 5.32 Å². The van der Waals surface area contributed by atoms with E-state index in [0.717, 1.165) is 11.3 Å². The number of para-hydroxylation sites is 1. The molecule has 116 valence electrons. The summed E-state index contributed by atoms with van der Waals surface area (Å²) in [5.41, 5.74) is 1.83. The molecule has 3 rings (SSSR count). The van der Waals surface area contributed by atoms with Crippen molar-refractivity contribution in [1.29, 1.82) is 0 Å². The summed E-state index contributed by atoms with van der Waals surface area (Å²) >= 11 is 3.18. The Bertz CT molecular complexity index is 833. The first-order valence-electron chi connectivity index (χ1n) is 6.96. The van der Waals surface area contributed by atoms with E-state index in [0.29, 0.717) is 4.47 Å². The molecule has 0 saturated carbocycles. The Labute approximate surface area is 141 Å². The zero-order valence-electron chi connectivity index (χ0n) is 12.0. The van der Waals surface area contributed by atoms with Gasteiger partial charge in [0.15, 0.2) is 0 Å². The number of nitrogens with zero attached hydrogens (tertiary/aromatic N) is 2. The Morgan fingerprint density at radius 2 is 2.00 bits per heavy atom. The number of aromatic nitrogens is 2. The zero-order chi connectivity index (χ0) is 16.2. The molecular weight excluding hydrogens is 361 g/mol. The van der Waals surface area contributed by atoms with E-state index in [9.17, 15) is 9.18 Å². The monoisotopic (exact) mass is 373 g/mol. The standard InChI is InChI=1S/C17H13BrFN3O/c18-13-6-7-16(15(19)9-13)21-17(23)8-12-10-20-22(11-12)14-4-2-1-3-5-14/h1-7,9-11H,8H2,(H,21,23). The van der Waals surface area contributed by atoms with Gasteiger partial charge in [-0.25, -0.2) is 9.07 Å². The van der Waals surface area contributed by atoms with Crippen LogP contribution in [0.25, 0.3) is 5.69 Å². The van der Waals surface area contributed by atoms with E-state index in [1.165, 1.54) is 12.1 Å². The highest BCUT2D eigenvalue weighted by Crippen LogP contribution is 2.19. The number of amides is 1. The fourth-order valence-electron chi connectivity index (χ4n) is 2.14. The van der Waals surface area contributed by atoms with Gasteiger partial charge in [0.2, 0.25) is 5.91 Å². The molecule has 0 aliphatic carbocycles. The van der Waals surface area contributed by atoms with Gasteiger partial charge in [0, 0.05) is 10.7 Å². The average molecular weight is 374 g/mol. The molecule has 0 aliphatic heterocycles. The van der Waals surface area contributed by atoms with Crippen LogP contribution in [-0.2, 0) is 11.2 Å². The van der Waals surface area contributed by atoms with Gasteiger partial charge in [-0.15, -0.1) is 0 Å². The summed E-state index contributed by atoms with van der Waals surface area (Å²) in [6.07, 6.45) is 3.54. The third-order valence-corrected chi connectivity index (χ3v) is 3.72. The van der Waals surface area contributed by atoms with Gasteiger partial charge in [0.1, 0.15) is 5.82 Å². The Balaban J connectivity index is 1.68. The summed E-state index contributed by atoms with van der Waals surface area (Å²) in [7, 11) is 0. The number of nitrogens with one attached hydrogen (secondary N) is 1. The first-order valence-corrected chi connectivity index (χ1v) is 7.75. The van der Waals surface area contributed by atoms with Crippen molar-refractivity contribution in [3.05, 3.63) is 76.8 Å². The molecule has 0 radical (unpaired) electrons. The van der Waals surface area contributed by atoms with E-state index in [-0.39, 0.29) is 18.0 Å². The van der Waals surface area contributed by atoms with E-state index in [1.807, 2.05) is 30.3 Å². The minimum Gasteiger partial charge on any atom is -0.323 e. The fourth-order valence-corrected chi connectivity index (χ4v) is 2.48. The molecule has 0 fully saturated rings. The van der Waals surface area contributed by atoms with E-state index >= 15 is 0 Å². The molecule has 1 N–H and O–H groups in total. The normalized spacial score (nSPS) is 10.5. The molecule has 0 bridgehead atoms. The molecule has 6 heteroatoms. The van der Waals surface area contributed by atoms with Crippen molar-refractivity contribution in [2.24, 2.45) is 0 Å². The van der Waals surface area contributed by atoms with Gasteiger partial charge in [-0.1, -0.05) is 34.1 Å². The minimum atomic E-state index is -0.479. The summed E-state index contributed by atoms with van der Waals surface area (Å²) < 4.78 is 16.0. The average Bonchev–Trinajstić information content (AvgIpc) is 2.99. The minimum absolute atomic E-state index is 0.127. The molecule has 2 aromatic carbocycles. The van der Waals surface area contributed by atoms with Gasteiger partial charge >= 0.3 is 0 Å². The molecular formula is C17H13BrFN3O. The SMILES string of the molecule is O=C(Cc1cnn(-c2ccccc2)c1)Nc1ccc(Br)cc1F. The maximum Gasteiger partial charge on any atom is 0.228 e. The molecule has 1 aromatic heterocycles. The lowest BCUT2D eigenvalue weighted by Gasteiger charge is -2.05. The number of hydrogen-bond donors (Lipinski definition) is 1. The highest BCUT2D eigenvalue weighted by Gasteiger charge is 2.10. The van der Waals surface area contributed by atoms with E-state index in [1.54, 1.807) is 23.1 Å². The van der Waals surface area contributed by atoms with Crippen LogP contribution >= 0.6 is 15.9 Å². The number of carbonyl (C=O) groups is 1. The zero-order valence-corrected chi connectivity index (χ0v) is 13.6. The van der Waals surface area contributed by atoms with Crippen LogP contribution in [-0.4, -0.2) is 15.7 Å². The topological polar surface area (TPSA) is 46.9 Å². The van der Waals surface area contributed by atoms with Crippen molar-refractivity contribution in [1.82, 2.24) is 9.78 Å². The number of anilines is 1. The van der Waals surface area contributed by atoms with Crippen molar-refractivity contribution in [3.8, 4) is 5.69 Å². The van der Waals surface area contributed by atoms with Crippen molar-refractivity contribution in [2.45, 2.75) is 6.42 Å². The highest BCUT2D eigenvalue weighted by molar-refractivity contribution is 9.10. The number of carbonyl (C=O) groups excluding carboxylic acids is 1. The molecule has 4 nitrogen and oxygen atoms in total. The van der Waals surface area contributed by atoms with Gasteiger partial charge in [0.25, 0.3) is 0 Å². The van der Waals surface area contributed by atoms with Crippen LogP contribution in [0.4, 0.5) is 10.1 Å². The number of hydrogen-bond acceptors (Lipinski definition) is 2. The number of halogens is 2. The summed E-state index contributed by atoms with van der Waals surface area (Å²) in [5, 5.41) is 6.80. The van der Waals surface area contributed by atoms with Gasteiger partial charge in [-0.3, -0.25) is 4.79 Å². The fraction of sp³-hybridized carbons (Fsp3) is 0.0588. The predicted octanol–water partition coefficient (Wildman–Crippen LogP) is 3.96. The third-order valence-electron chi connectivity index (χ3n) is 3.23. The van der Waals surface area contributed by atoms with Crippen molar-refractivity contribution in [3.63, 3.8) is 0 Å². The largest absolute Gasteiger partial charge is 0.323 e. The maximum atomic E-state index is 13.7. The van der Waals surface area contributed by atoms with Crippen LogP contribution in [0.1, 0.15) is 5.56 Å². The van der Waals surface area contributed by atoms with Crippen LogP contribution in [0, 0.1) is 5.82 Å². The van der Waals surface area contributed by atoms with Gasteiger partial charge in [0.05, 0.1) is 24.0 Å². The van der Waals surface area contributed by atoms with E-state index in [4.69, 9.17) is 0 Å². The van der Waals surface area contributed by atoms with Crippen molar-refractivity contribution < 1.29 is 9.18 Å². The second kappa shape index (κ2) is 6.75. The Morgan fingerprint density at radius 3 is 2.74 bits per heavy atom. The Hall–Kier alpha value is -2.47. The second-order valence-electron chi connectivity index (χ2n) is 4.98. The van der Waals surface area contributed by atoms with Crippen LogP contribution in [0.2, 0.25) is 0 Å².